The molecule has 1 aliphatic heterocycles. The summed E-state index contributed by atoms with van der Waals surface area (Å²) in [7, 11) is 0. The Morgan fingerprint density at radius 2 is 1.86 bits per heavy atom. The summed E-state index contributed by atoms with van der Waals surface area (Å²) >= 11 is 0. The first kappa shape index (κ1) is 16.1. The van der Waals surface area contributed by atoms with Crippen molar-refractivity contribution in [2.75, 3.05) is 13.2 Å². The van der Waals surface area contributed by atoms with Gasteiger partial charge in [0.15, 0.2) is 11.5 Å². The molecular weight excluding hydrogens is 264 g/mol. The van der Waals surface area contributed by atoms with Crippen LogP contribution >= 0.6 is 0 Å². The Kier molecular flexibility index (Phi) is 5.12. The molecule has 4 nitrogen and oxygen atoms in total. The first-order valence-corrected chi connectivity index (χ1v) is 7.75. The predicted molar refractivity (Wildman–Crippen MR) is 85.3 cm³/mol. The lowest BCUT2D eigenvalue weighted by molar-refractivity contribution is 0.171. The summed E-state index contributed by atoms with van der Waals surface area (Å²) in [5.74, 6) is 8.01. The molecule has 1 aromatic rings. The molecule has 0 aromatic heterocycles. The summed E-state index contributed by atoms with van der Waals surface area (Å²) in [6, 6.07) is 6.23. The molecule has 0 radical (unpaired) electrons. The van der Waals surface area contributed by atoms with Crippen molar-refractivity contribution >= 4 is 0 Å². The van der Waals surface area contributed by atoms with E-state index in [2.05, 4.69) is 39.2 Å². The molecule has 0 bridgehead atoms. The number of ether oxygens (including phenoxy) is 2. The molecule has 1 aliphatic rings. The number of hydrogen-bond acceptors (Lipinski definition) is 4. The van der Waals surface area contributed by atoms with E-state index in [1.165, 1.54) is 6.42 Å². The standard InChI is InChI=1S/C17H28N2O2/c1-12(11-17(2,3)4)9-14(19-18)13-5-6-15-16(10-13)21-8-7-20-15/h5-6,10,12,14,19H,7-9,11,18H2,1-4H3. The van der Waals surface area contributed by atoms with Crippen molar-refractivity contribution in [3.05, 3.63) is 23.8 Å². The van der Waals surface area contributed by atoms with E-state index < -0.39 is 0 Å². The van der Waals surface area contributed by atoms with Crippen LogP contribution in [0.3, 0.4) is 0 Å². The molecule has 1 heterocycles. The summed E-state index contributed by atoms with van der Waals surface area (Å²) < 4.78 is 11.2. The molecule has 0 amide bonds. The number of nitrogens with two attached hydrogens (primary N) is 1. The fourth-order valence-corrected chi connectivity index (χ4v) is 3.11. The second-order valence-electron chi connectivity index (χ2n) is 7.23. The van der Waals surface area contributed by atoms with Gasteiger partial charge in [0.25, 0.3) is 0 Å². The molecule has 21 heavy (non-hydrogen) atoms. The Morgan fingerprint density at radius 1 is 1.19 bits per heavy atom. The van der Waals surface area contributed by atoms with Crippen LogP contribution in [0.15, 0.2) is 18.2 Å². The van der Waals surface area contributed by atoms with E-state index in [1.807, 2.05) is 12.1 Å². The lowest BCUT2D eigenvalue weighted by atomic mass is 9.82. The van der Waals surface area contributed by atoms with Gasteiger partial charge < -0.3 is 9.47 Å². The van der Waals surface area contributed by atoms with Crippen LogP contribution in [0.1, 0.15) is 52.1 Å². The highest BCUT2D eigenvalue weighted by Crippen LogP contribution is 2.35. The molecule has 4 heteroatoms. The quantitative estimate of drug-likeness (QED) is 0.645. The third-order valence-electron chi connectivity index (χ3n) is 3.77. The average molecular weight is 292 g/mol. The van der Waals surface area contributed by atoms with Crippen molar-refractivity contribution in [2.24, 2.45) is 17.2 Å². The highest BCUT2D eigenvalue weighted by atomic mass is 16.6. The zero-order chi connectivity index (χ0) is 15.5. The number of nitrogens with one attached hydrogen (secondary N) is 1. The van der Waals surface area contributed by atoms with E-state index in [9.17, 15) is 0 Å². The monoisotopic (exact) mass is 292 g/mol. The summed E-state index contributed by atoms with van der Waals surface area (Å²) in [6.45, 7) is 10.3. The topological polar surface area (TPSA) is 56.5 Å². The zero-order valence-electron chi connectivity index (χ0n) is 13.6. The van der Waals surface area contributed by atoms with E-state index in [1.54, 1.807) is 0 Å². The second kappa shape index (κ2) is 6.67. The average Bonchev–Trinajstić information content (AvgIpc) is 2.42. The van der Waals surface area contributed by atoms with Gasteiger partial charge in [0.2, 0.25) is 0 Å². The van der Waals surface area contributed by atoms with E-state index in [0.29, 0.717) is 24.5 Å². The van der Waals surface area contributed by atoms with Crippen molar-refractivity contribution in [3.63, 3.8) is 0 Å². The molecule has 0 fully saturated rings. The minimum absolute atomic E-state index is 0.137. The van der Waals surface area contributed by atoms with Crippen LogP contribution in [0.25, 0.3) is 0 Å². The molecule has 2 atom stereocenters. The number of fused-ring (bicyclic) bond motifs is 1. The van der Waals surface area contributed by atoms with Gasteiger partial charge in [-0.25, -0.2) is 0 Å². The van der Waals surface area contributed by atoms with Gasteiger partial charge in [-0.15, -0.1) is 0 Å². The molecule has 118 valence electrons. The van der Waals surface area contributed by atoms with Crippen LogP contribution in [0.2, 0.25) is 0 Å². The first-order chi connectivity index (χ1) is 9.89. The van der Waals surface area contributed by atoms with Crippen molar-refractivity contribution in [1.29, 1.82) is 0 Å². The zero-order valence-corrected chi connectivity index (χ0v) is 13.6. The van der Waals surface area contributed by atoms with Crippen LogP contribution in [0.5, 0.6) is 11.5 Å². The normalized spacial score (nSPS) is 17.4. The molecule has 0 saturated heterocycles. The maximum atomic E-state index is 5.77. The molecule has 1 aromatic carbocycles. The molecule has 0 saturated carbocycles. The Balaban J connectivity index is 2.07. The lowest BCUT2D eigenvalue weighted by Gasteiger charge is -2.27. The number of benzene rings is 1. The van der Waals surface area contributed by atoms with Crippen LogP contribution < -0.4 is 20.7 Å². The third kappa shape index (κ3) is 4.61. The predicted octanol–water partition coefficient (Wildman–Crippen LogP) is 3.42. The van der Waals surface area contributed by atoms with Crippen molar-refractivity contribution in [1.82, 2.24) is 5.43 Å². The fourth-order valence-electron chi connectivity index (χ4n) is 3.11. The van der Waals surface area contributed by atoms with E-state index in [0.717, 1.165) is 23.5 Å². The van der Waals surface area contributed by atoms with Gasteiger partial charge >= 0.3 is 0 Å². The summed E-state index contributed by atoms with van der Waals surface area (Å²) in [4.78, 5) is 0. The van der Waals surface area contributed by atoms with Crippen LogP contribution in [-0.4, -0.2) is 13.2 Å². The fraction of sp³-hybridized carbons (Fsp3) is 0.647. The van der Waals surface area contributed by atoms with Crippen LogP contribution in [0.4, 0.5) is 0 Å². The minimum atomic E-state index is 0.137. The van der Waals surface area contributed by atoms with E-state index >= 15 is 0 Å². The molecule has 3 N–H and O–H groups in total. The number of hydrazine groups is 1. The van der Waals surface area contributed by atoms with Gasteiger partial charge in [0.05, 0.1) is 0 Å². The molecule has 2 rings (SSSR count). The van der Waals surface area contributed by atoms with Crippen LogP contribution in [0, 0.1) is 11.3 Å². The van der Waals surface area contributed by atoms with Gasteiger partial charge in [-0.1, -0.05) is 33.8 Å². The van der Waals surface area contributed by atoms with Crippen molar-refractivity contribution < 1.29 is 9.47 Å². The lowest BCUT2D eigenvalue weighted by Crippen LogP contribution is -2.30. The molecule has 2 unspecified atom stereocenters. The molecular formula is C17H28N2O2. The Morgan fingerprint density at radius 3 is 2.48 bits per heavy atom. The van der Waals surface area contributed by atoms with E-state index in [-0.39, 0.29) is 6.04 Å². The summed E-state index contributed by atoms with van der Waals surface area (Å²) in [5.41, 5.74) is 4.44. The largest absolute Gasteiger partial charge is 0.486 e. The molecule has 0 aliphatic carbocycles. The van der Waals surface area contributed by atoms with Crippen LogP contribution in [-0.2, 0) is 0 Å². The second-order valence-corrected chi connectivity index (χ2v) is 7.23. The maximum absolute atomic E-state index is 5.77. The summed E-state index contributed by atoms with van der Waals surface area (Å²) in [6.07, 6.45) is 2.18. The summed E-state index contributed by atoms with van der Waals surface area (Å²) in [5, 5.41) is 0. The third-order valence-corrected chi connectivity index (χ3v) is 3.77. The van der Waals surface area contributed by atoms with Gasteiger partial charge in [-0.05, 0) is 41.9 Å². The highest BCUT2D eigenvalue weighted by molar-refractivity contribution is 5.44. The van der Waals surface area contributed by atoms with E-state index in [4.69, 9.17) is 15.3 Å². The Hall–Kier alpha value is -1.26. The van der Waals surface area contributed by atoms with Gasteiger partial charge in [0.1, 0.15) is 13.2 Å². The smallest absolute Gasteiger partial charge is 0.161 e. The Labute approximate surface area is 128 Å². The first-order valence-electron chi connectivity index (χ1n) is 7.75. The SMILES string of the molecule is CC(CC(NN)c1ccc2c(c1)OCCO2)CC(C)(C)C. The maximum Gasteiger partial charge on any atom is 0.161 e. The Bertz CT molecular complexity index is 468. The van der Waals surface area contributed by atoms with Crippen molar-refractivity contribution in [2.45, 2.75) is 46.6 Å². The van der Waals surface area contributed by atoms with Gasteiger partial charge in [0, 0.05) is 6.04 Å². The van der Waals surface area contributed by atoms with Gasteiger partial charge in [-0.3, -0.25) is 11.3 Å². The number of rotatable bonds is 5. The highest BCUT2D eigenvalue weighted by Gasteiger charge is 2.21. The minimum Gasteiger partial charge on any atom is -0.486 e. The van der Waals surface area contributed by atoms with Gasteiger partial charge in [-0.2, -0.15) is 0 Å². The molecule has 0 spiro atoms. The number of hydrogen-bond donors (Lipinski definition) is 2. The van der Waals surface area contributed by atoms with Crippen molar-refractivity contribution in [3.8, 4) is 11.5 Å².